The number of nitrogens with zero attached hydrogens (tertiary/aromatic N) is 1. The minimum Gasteiger partial charge on any atom is -0.350 e. The zero-order valence-electron chi connectivity index (χ0n) is 12.5. The molecule has 1 aliphatic heterocycles. The molecule has 0 spiro atoms. The van der Waals surface area contributed by atoms with Gasteiger partial charge in [-0.25, -0.2) is 0 Å². The Kier molecular flexibility index (Phi) is 3.23. The van der Waals surface area contributed by atoms with E-state index in [1.165, 1.54) is 0 Å². The van der Waals surface area contributed by atoms with Crippen LogP contribution >= 0.6 is 0 Å². The molecule has 1 aromatic rings. The number of carbonyl (C=O) groups is 2. The fourth-order valence-corrected chi connectivity index (χ4v) is 3.06. The van der Waals surface area contributed by atoms with Gasteiger partial charge in [0.2, 0.25) is 11.8 Å². The standard InChI is InChI=1S/C16H21N3O2/c1-15(2)11(6-7-13(20)19-15)18-14(21)16(8-9-16)12-5-3-4-10-17-12/h3-5,10-11H,6-9H2,1-2H3,(H,18,21)(H,19,20). The largest absolute Gasteiger partial charge is 0.350 e. The third-order valence-electron chi connectivity index (χ3n) is 4.64. The summed E-state index contributed by atoms with van der Waals surface area (Å²) in [5.74, 6) is 0.0896. The fourth-order valence-electron chi connectivity index (χ4n) is 3.06. The molecule has 2 heterocycles. The smallest absolute Gasteiger partial charge is 0.232 e. The maximum atomic E-state index is 12.7. The third kappa shape index (κ3) is 2.52. The molecule has 1 unspecified atom stereocenters. The average molecular weight is 287 g/mol. The molecule has 1 saturated heterocycles. The van der Waals surface area contributed by atoms with Crippen LogP contribution in [0.3, 0.4) is 0 Å². The van der Waals surface area contributed by atoms with Crippen molar-refractivity contribution in [3.63, 3.8) is 0 Å². The van der Waals surface area contributed by atoms with Crippen molar-refractivity contribution in [1.29, 1.82) is 0 Å². The van der Waals surface area contributed by atoms with Crippen LogP contribution in [-0.2, 0) is 15.0 Å². The highest BCUT2D eigenvalue weighted by Crippen LogP contribution is 2.47. The zero-order chi connectivity index (χ0) is 15.1. The predicted molar refractivity (Wildman–Crippen MR) is 78.5 cm³/mol. The quantitative estimate of drug-likeness (QED) is 0.880. The first-order chi connectivity index (χ1) is 9.94. The first kappa shape index (κ1) is 14.0. The van der Waals surface area contributed by atoms with Crippen LogP contribution in [0, 0.1) is 0 Å². The molecule has 0 bridgehead atoms. The monoisotopic (exact) mass is 287 g/mol. The molecule has 5 heteroatoms. The number of carbonyl (C=O) groups excluding carboxylic acids is 2. The Balaban J connectivity index is 1.74. The molecule has 1 atom stereocenters. The van der Waals surface area contributed by atoms with Crippen LogP contribution in [0.1, 0.15) is 45.2 Å². The highest BCUT2D eigenvalue weighted by atomic mass is 16.2. The minimum atomic E-state index is -0.460. The molecule has 1 aromatic heterocycles. The van der Waals surface area contributed by atoms with Crippen molar-refractivity contribution >= 4 is 11.8 Å². The van der Waals surface area contributed by atoms with Crippen molar-refractivity contribution in [2.75, 3.05) is 0 Å². The molecule has 5 nitrogen and oxygen atoms in total. The highest BCUT2D eigenvalue weighted by molar-refractivity contribution is 5.91. The summed E-state index contributed by atoms with van der Waals surface area (Å²) in [6.45, 7) is 3.91. The molecular formula is C16H21N3O2. The Morgan fingerprint density at radius 2 is 2.14 bits per heavy atom. The van der Waals surface area contributed by atoms with E-state index in [1.54, 1.807) is 6.20 Å². The summed E-state index contributed by atoms with van der Waals surface area (Å²) in [5.41, 5.74) is -0.0237. The average Bonchev–Trinajstić information content (AvgIpc) is 3.24. The van der Waals surface area contributed by atoms with E-state index >= 15 is 0 Å². The molecular weight excluding hydrogens is 266 g/mol. The molecule has 21 heavy (non-hydrogen) atoms. The topological polar surface area (TPSA) is 71.1 Å². The number of rotatable bonds is 3. The normalized spacial score (nSPS) is 25.8. The van der Waals surface area contributed by atoms with Crippen molar-refractivity contribution in [2.24, 2.45) is 0 Å². The Hall–Kier alpha value is -1.91. The lowest BCUT2D eigenvalue weighted by Gasteiger charge is -2.40. The van der Waals surface area contributed by atoms with E-state index in [0.717, 1.165) is 18.5 Å². The van der Waals surface area contributed by atoms with Crippen LogP contribution in [0.2, 0.25) is 0 Å². The number of aromatic nitrogens is 1. The number of hydrogen-bond acceptors (Lipinski definition) is 3. The number of nitrogens with one attached hydrogen (secondary N) is 2. The summed E-state index contributed by atoms with van der Waals surface area (Å²) in [5, 5.41) is 6.09. The SMILES string of the molecule is CC1(C)NC(=O)CCC1NC(=O)C1(c2ccccn2)CC1. The Labute approximate surface area is 124 Å². The zero-order valence-corrected chi connectivity index (χ0v) is 12.5. The van der Waals surface area contributed by atoms with Gasteiger partial charge in [0.25, 0.3) is 0 Å². The van der Waals surface area contributed by atoms with E-state index in [1.807, 2.05) is 32.0 Å². The maximum absolute atomic E-state index is 12.7. The molecule has 0 aromatic carbocycles. The molecule has 1 aliphatic carbocycles. The summed E-state index contributed by atoms with van der Waals surface area (Å²) >= 11 is 0. The van der Waals surface area contributed by atoms with Crippen molar-refractivity contribution < 1.29 is 9.59 Å². The van der Waals surface area contributed by atoms with Crippen molar-refractivity contribution in [2.45, 2.75) is 56.5 Å². The van der Waals surface area contributed by atoms with E-state index in [9.17, 15) is 9.59 Å². The molecule has 2 fully saturated rings. The van der Waals surface area contributed by atoms with Gasteiger partial charge >= 0.3 is 0 Å². The van der Waals surface area contributed by atoms with Gasteiger partial charge in [-0.2, -0.15) is 0 Å². The molecule has 2 N–H and O–H groups in total. The Bertz CT molecular complexity index is 564. The first-order valence-corrected chi connectivity index (χ1v) is 7.47. The molecule has 1 saturated carbocycles. The third-order valence-corrected chi connectivity index (χ3v) is 4.64. The first-order valence-electron chi connectivity index (χ1n) is 7.47. The second-order valence-electron chi connectivity index (χ2n) is 6.63. The number of amides is 2. The number of piperidine rings is 1. The second kappa shape index (κ2) is 4.83. The van der Waals surface area contributed by atoms with Gasteiger partial charge in [-0.05, 0) is 45.2 Å². The lowest BCUT2D eigenvalue weighted by molar-refractivity contribution is -0.129. The summed E-state index contributed by atoms with van der Waals surface area (Å²) in [4.78, 5) is 28.6. The van der Waals surface area contributed by atoms with Gasteiger partial charge in [-0.15, -0.1) is 0 Å². The second-order valence-corrected chi connectivity index (χ2v) is 6.63. The fraction of sp³-hybridized carbons (Fsp3) is 0.562. The van der Waals surface area contributed by atoms with Gasteiger partial charge in [-0.3, -0.25) is 14.6 Å². The molecule has 2 amide bonds. The van der Waals surface area contributed by atoms with Crippen LogP contribution in [0.15, 0.2) is 24.4 Å². The van der Waals surface area contributed by atoms with Crippen LogP contribution in [0.25, 0.3) is 0 Å². The van der Waals surface area contributed by atoms with Crippen LogP contribution in [0.4, 0.5) is 0 Å². The summed E-state index contributed by atoms with van der Waals surface area (Å²) in [6.07, 6.45) is 4.56. The molecule has 3 rings (SSSR count). The van der Waals surface area contributed by atoms with Gasteiger partial charge in [0.05, 0.1) is 22.7 Å². The lowest BCUT2D eigenvalue weighted by Crippen LogP contribution is -2.63. The van der Waals surface area contributed by atoms with Gasteiger partial charge in [0.15, 0.2) is 0 Å². The minimum absolute atomic E-state index is 0.0374. The van der Waals surface area contributed by atoms with Crippen molar-refractivity contribution in [3.8, 4) is 0 Å². The lowest BCUT2D eigenvalue weighted by atomic mass is 9.86. The van der Waals surface area contributed by atoms with Crippen LogP contribution in [0.5, 0.6) is 0 Å². The Morgan fingerprint density at radius 3 is 2.71 bits per heavy atom. The summed E-state index contributed by atoms with van der Waals surface area (Å²) in [6, 6.07) is 5.65. The van der Waals surface area contributed by atoms with Crippen molar-refractivity contribution in [3.05, 3.63) is 30.1 Å². The van der Waals surface area contributed by atoms with Gasteiger partial charge < -0.3 is 10.6 Å². The summed E-state index contributed by atoms with van der Waals surface area (Å²) < 4.78 is 0. The van der Waals surface area contributed by atoms with E-state index in [4.69, 9.17) is 0 Å². The predicted octanol–water partition coefficient (Wildman–Crippen LogP) is 1.29. The van der Waals surface area contributed by atoms with Gasteiger partial charge in [-0.1, -0.05) is 6.07 Å². The summed E-state index contributed by atoms with van der Waals surface area (Å²) in [7, 11) is 0. The van der Waals surface area contributed by atoms with Gasteiger partial charge in [0, 0.05) is 12.6 Å². The van der Waals surface area contributed by atoms with E-state index < -0.39 is 11.0 Å². The number of hydrogen-bond donors (Lipinski definition) is 2. The van der Waals surface area contributed by atoms with E-state index in [2.05, 4.69) is 15.6 Å². The molecule has 0 radical (unpaired) electrons. The number of pyridine rings is 1. The van der Waals surface area contributed by atoms with Gasteiger partial charge in [0.1, 0.15) is 0 Å². The highest BCUT2D eigenvalue weighted by Gasteiger charge is 2.53. The van der Waals surface area contributed by atoms with Crippen LogP contribution < -0.4 is 10.6 Å². The van der Waals surface area contributed by atoms with E-state index in [0.29, 0.717) is 12.8 Å². The van der Waals surface area contributed by atoms with Crippen molar-refractivity contribution in [1.82, 2.24) is 15.6 Å². The van der Waals surface area contributed by atoms with E-state index in [-0.39, 0.29) is 17.9 Å². The maximum Gasteiger partial charge on any atom is 0.232 e. The van der Waals surface area contributed by atoms with Crippen LogP contribution in [-0.4, -0.2) is 28.4 Å². The molecule has 2 aliphatic rings. The molecule has 112 valence electrons. The Morgan fingerprint density at radius 1 is 1.38 bits per heavy atom.